The molecule has 1 fully saturated rings. The maximum absolute atomic E-state index is 12.1. The number of halogens is 1. The van der Waals surface area contributed by atoms with E-state index in [1.165, 1.54) is 0 Å². The minimum atomic E-state index is -0.818. The van der Waals surface area contributed by atoms with E-state index in [1.54, 1.807) is 24.3 Å². The highest BCUT2D eigenvalue weighted by Gasteiger charge is 2.35. The third kappa shape index (κ3) is 3.68. The van der Waals surface area contributed by atoms with Crippen LogP contribution in [-0.4, -0.2) is 26.9 Å². The molecule has 0 aromatic heterocycles. The van der Waals surface area contributed by atoms with Crippen LogP contribution in [0.1, 0.15) is 29.6 Å². The number of carbonyl (C=O) groups is 2. The molecule has 3 atom stereocenters. The second-order valence-electron chi connectivity index (χ2n) is 4.80. The number of alkyl halides is 1. The average molecular weight is 373 g/mol. The van der Waals surface area contributed by atoms with Crippen LogP contribution in [0.5, 0.6) is 0 Å². The zero-order chi connectivity index (χ0) is 13.8. The highest BCUT2D eigenvalue weighted by atomic mass is 127. The number of aliphatic carboxylic acids is 1. The number of nitrogens with one attached hydrogen (secondary N) is 1. The lowest BCUT2D eigenvalue weighted by molar-refractivity contribution is -0.143. The van der Waals surface area contributed by atoms with Crippen LogP contribution in [0.25, 0.3) is 0 Å². The number of benzene rings is 1. The Kier molecular flexibility index (Phi) is 4.79. The Bertz CT molecular complexity index is 463. The molecular formula is C14H16INO3. The van der Waals surface area contributed by atoms with Gasteiger partial charge in [-0.1, -0.05) is 40.8 Å². The largest absolute Gasteiger partial charge is 0.481 e. The summed E-state index contributed by atoms with van der Waals surface area (Å²) in [4.78, 5) is 23.3. The molecule has 2 rings (SSSR count). The van der Waals surface area contributed by atoms with Crippen molar-refractivity contribution in [1.29, 1.82) is 0 Å². The van der Waals surface area contributed by atoms with E-state index in [0.717, 1.165) is 12.8 Å². The standard InChI is InChI=1S/C14H16INO3/c15-10-6-7-11(14(18)19)12(8-10)16-13(17)9-4-2-1-3-5-9/h1-5,10-12H,6-8H2,(H,16,17)(H,18,19). The second-order valence-corrected chi connectivity index (χ2v) is 6.56. The van der Waals surface area contributed by atoms with Gasteiger partial charge in [-0.15, -0.1) is 0 Å². The number of amides is 1. The molecule has 1 aliphatic carbocycles. The van der Waals surface area contributed by atoms with Gasteiger partial charge in [0.25, 0.3) is 5.91 Å². The van der Waals surface area contributed by atoms with Crippen LogP contribution in [0.15, 0.2) is 30.3 Å². The van der Waals surface area contributed by atoms with Crippen molar-refractivity contribution in [3.63, 3.8) is 0 Å². The fraction of sp³-hybridized carbons (Fsp3) is 0.429. The molecule has 4 nitrogen and oxygen atoms in total. The first-order valence-electron chi connectivity index (χ1n) is 6.30. The smallest absolute Gasteiger partial charge is 0.308 e. The van der Waals surface area contributed by atoms with Gasteiger partial charge in [-0.25, -0.2) is 0 Å². The Balaban J connectivity index is 2.07. The van der Waals surface area contributed by atoms with Gasteiger partial charge in [0.2, 0.25) is 0 Å². The molecule has 5 heteroatoms. The van der Waals surface area contributed by atoms with Crippen molar-refractivity contribution in [1.82, 2.24) is 5.32 Å². The van der Waals surface area contributed by atoms with Gasteiger partial charge in [-0.2, -0.15) is 0 Å². The Morgan fingerprint density at radius 1 is 1.21 bits per heavy atom. The predicted octanol–water partition coefficient (Wildman–Crippen LogP) is 2.47. The summed E-state index contributed by atoms with van der Waals surface area (Å²) in [6.45, 7) is 0. The molecular weight excluding hydrogens is 357 g/mol. The third-order valence-corrected chi connectivity index (χ3v) is 4.59. The molecule has 1 amide bonds. The van der Waals surface area contributed by atoms with E-state index in [4.69, 9.17) is 0 Å². The number of rotatable bonds is 3. The van der Waals surface area contributed by atoms with E-state index in [2.05, 4.69) is 27.9 Å². The van der Waals surface area contributed by atoms with E-state index in [9.17, 15) is 14.7 Å². The summed E-state index contributed by atoms with van der Waals surface area (Å²) in [5, 5.41) is 12.1. The minimum absolute atomic E-state index is 0.192. The molecule has 0 spiro atoms. The summed E-state index contributed by atoms with van der Waals surface area (Å²) in [5.41, 5.74) is 0.572. The first-order chi connectivity index (χ1) is 9.08. The number of carbonyl (C=O) groups excluding carboxylic acids is 1. The maximum atomic E-state index is 12.1. The van der Waals surface area contributed by atoms with E-state index >= 15 is 0 Å². The van der Waals surface area contributed by atoms with E-state index in [1.807, 2.05) is 6.07 Å². The second kappa shape index (κ2) is 6.36. The molecule has 1 aliphatic rings. The summed E-state index contributed by atoms with van der Waals surface area (Å²) in [6, 6.07) is 8.63. The first kappa shape index (κ1) is 14.3. The zero-order valence-corrected chi connectivity index (χ0v) is 12.5. The summed E-state index contributed by atoms with van der Waals surface area (Å²) in [6.07, 6.45) is 2.24. The molecule has 1 aromatic carbocycles. The molecule has 2 N–H and O–H groups in total. The summed E-state index contributed by atoms with van der Waals surface area (Å²) in [5.74, 6) is -1.48. The molecule has 1 saturated carbocycles. The zero-order valence-electron chi connectivity index (χ0n) is 10.4. The lowest BCUT2D eigenvalue weighted by Gasteiger charge is -2.32. The molecule has 1 aromatic rings. The van der Waals surface area contributed by atoms with Crippen molar-refractivity contribution in [2.24, 2.45) is 5.92 Å². The van der Waals surface area contributed by atoms with Gasteiger partial charge < -0.3 is 10.4 Å². The van der Waals surface area contributed by atoms with Crippen molar-refractivity contribution < 1.29 is 14.7 Å². The van der Waals surface area contributed by atoms with Crippen molar-refractivity contribution in [3.05, 3.63) is 35.9 Å². The lowest BCUT2D eigenvalue weighted by Crippen LogP contribution is -2.47. The average Bonchev–Trinajstić information content (AvgIpc) is 2.39. The van der Waals surface area contributed by atoms with Gasteiger partial charge in [0.05, 0.1) is 5.92 Å². The van der Waals surface area contributed by atoms with E-state index in [-0.39, 0.29) is 11.9 Å². The van der Waals surface area contributed by atoms with Crippen molar-refractivity contribution in [2.45, 2.75) is 29.2 Å². The molecule has 19 heavy (non-hydrogen) atoms. The lowest BCUT2D eigenvalue weighted by atomic mass is 9.84. The Labute approximate surface area is 125 Å². The summed E-state index contributed by atoms with van der Waals surface area (Å²) in [7, 11) is 0. The van der Waals surface area contributed by atoms with E-state index in [0.29, 0.717) is 15.9 Å². The highest BCUT2D eigenvalue weighted by Crippen LogP contribution is 2.29. The van der Waals surface area contributed by atoms with Gasteiger partial charge in [-0.3, -0.25) is 9.59 Å². The van der Waals surface area contributed by atoms with Crippen LogP contribution in [-0.2, 0) is 4.79 Å². The van der Waals surface area contributed by atoms with Gasteiger partial charge in [0.15, 0.2) is 0 Å². The first-order valence-corrected chi connectivity index (χ1v) is 7.55. The number of carboxylic acid groups (broad SMARTS) is 1. The normalized spacial score (nSPS) is 26.7. The van der Waals surface area contributed by atoms with Crippen LogP contribution < -0.4 is 5.32 Å². The monoisotopic (exact) mass is 373 g/mol. The quantitative estimate of drug-likeness (QED) is 0.632. The van der Waals surface area contributed by atoms with Crippen molar-refractivity contribution >= 4 is 34.5 Å². The molecule has 0 radical (unpaired) electrons. The Hall–Kier alpha value is -1.11. The van der Waals surface area contributed by atoms with Gasteiger partial charge in [0, 0.05) is 15.5 Å². The Morgan fingerprint density at radius 2 is 1.89 bits per heavy atom. The predicted molar refractivity (Wildman–Crippen MR) is 80.5 cm³/mol. The van der Waals surface area contributed by atoms with Crippen LogP contribution >= 0.6 is 22.6 Å². The van der Waals surface area contributed by atoms with Crippen LogP contribution in [0.2, 0.25) is 0 Å². The van der Waals surface area contributed by atoms with Crippen molar-refractivity contribution in [3.8, 4) is 0 Å². The van der Waals surface area contributed by atoms with Crippen LogP contribution in [0, 0.1) is 5.92 Å². The molecule has 0 saturated heterocycles. The van der Waals surface area contributed by atoms with Gasteiger partial charge in [-0.05, 0) is 31.4 Å². The van der Waals surface area contributed by atoms with Crippen LogP contribution in [0.4, 0.5) is 0 Å². The highest BCUT2D eigenvalue weighted by molar-refractivity contribution is 14.1. The Morgan fingerprint density at radius 3 is 2.53 bits per heavy atom. The molecule has 102 valence electrons. The maximum Gasteiger partial charge on any atom is 0.308 e. The molecule has 0 bridgehead atoms. The summed E-state index contributed by atoms with van der Waals surface area (Å²) >= 11 is 2.32. The SMILES string of the molecule is O=C(NC1CC(I)CCC1C(=O)O)c1ccccc1. The van der Waals surface area contributed by atoms with Gasteiger partial charge in [0.1, 0.15) is 0 Å². The third-order valence-electron chi connectivity index (χ3n) is 3.46. The van der Waals surface area contributed by atoms with Gasteiger partial charge >= 0.3 is 5.97 Å². The van der Waals surface area contributed by atoms with Crippen LogP contribution in [0.3, 0.4) is 0 Å². The number of hydrogen-bond acceptors (Lipinski definition) is 2. The topological polar surface area (TPSA) is 66.4 Å². The molecule has 3 unspecified atom stereocenters. The van der Waals surface area contributed by atoms with Crippen molar-refractivity contribution in [2.75, 3.05) is 0 Å². The minimum Gasteiger partial charge on any atom is -0.481 e. The van der Waals surface area contributed by atoms with E-state index < -0.39 is 11.9 Å². The fourth-order valence-electron chi connectivity index (χ4n) is 2.42. The summed E-state index contributed by atoms with van der Waals surface area (Å²) < 4.78 is 0.425. The fourth-order valence-corrected chi connectivity index (χ4v) is 3.32. The number of hydrogen-bond donors (Lipinski definition) is 2. The molecule has 0 aliphatic heterocycles. The molecule has 0 heterocycles. The number of carboxylic acids is 1.